The molecule has 0 aliphatic heterocycles. The summed E-state index contributed by atoms with van der Waals surface area (Å²) in [5, 5.41) is 9.29. The Morgan fingerprint density at radius 2 is 1.00 bits per heavy atom. The van der Waals surface area contributed by atoms with Crippen molar-refractivity contribution in [1.82, 2.24) is 0 Å². The average molecular weight is 794 g/mol. The Morgan fingerprint density at radius 1 is 0.387 bits per heavy atom. The zero-order chi connectivity index (χ0) is 41.1. The van der Waals surface area contributed by atoms with Crippen molar-refractivity contribution in [2.24, 2.45) is 0 Å². The van der Waals surface area contributed by atoms with Gasteiger partial charge in [0.05, 0.1) is 16.8 Å². The molecule has 0 radical (unpaired) electrons. The lowest BCUT2D eigenvalue weighted by atomic mass is 9.82. The molecule has 0 unspecified atom stereocenters. The number of fused-ring (bicyclic) bond motifs is 12. The van der Waals surface area contributed by atoms with Gasteiger partial charge in [-0.05, 0) is 97.9 Å². The molecule has 2 aromatic heterocycles. The second-order valence-corrected chi connectivity index (χ2v) is 17.2. The Kier molecular flexibility index (Phi) is 7.36. The minimum Gasteiger partial charge on any atom is -0.455 e. The average Bonchev–Trinajstić information content (AvgIpc) is 3.98. The summed E-state index contributed by atoms with van der Waals surface area (Å²) in [5.41, 5.74) is 16.2. The van der Waals surface area contributed by atoms with Gasteiger partial charge in [-0.15, -0.1) is 0 Å². The number of nitrogens with zero attached hydrogens (tertiary/aromatic N) is 1. The van der Waals surface area contributed by atoms with Gasteiger partial charge in [-0.1, -0.05) is 166 Å². The zero-order valence-electron chi connectivity index (χ0n) is 34.3. The molecule has 292 valence electrons. The molecule has 0 fully saturated rings. The smallest absolute Gasteiger partial charge is 0.145 e. The quantitative estimate of drug-likeness (QED) is 0.163. The number of hydrogen-bond donors (Lipinski definition) is 0. The maximum atomic E-state index is 7.05. The van der Waals surface area contributed by atoms with Crippen molar-refractivity contribution in [1.29, 1.82) is 0 Å². The second-order valence-electron chi connectivity index (χ2n) is 17.2. The van der Waals surface area contributed by atoms with E-state index in [1.54, 1.807) is 0 Å². The predicted octanol–water partition coefficient (Wildman–Crippen LogP) is 16.9. The van der Waals surface area contributed by atoms with Crippen molar-refractivity contribution in [2.75, 3.05) is 4.90 Å². The van der Waals surface area contributed by atoms with E-state index < -0.39 is 0 Å². The third kappa shape index (κ3) is 4.94. The van der Waals surface area contributed by atoms with Crippen LogP contribution in [0.25, 0.3) is 98.8 Å². The Hall–Kier alpha value is -7.88. The standard InChI is InChI=1S/C59H39NO2/c1-59(2)49-24-10-7-20-46(49)55-50(59)25-14-26-51(55)60(38-31-29-36(30-32-38)40-22-13-23-44-43-19-8-11-27-53(43)61-57(40)44)52-34-33-45(58-56(52)47-21-9-12-28-54(47)62-58)48-35-37-15-3-4-16-39(37)41-17-5-6-18-42(41)48/h3-35H,1-2H3. The molecule has 0 saturated heterocycles. The lowest BCUT2D eigenvalue weighted by Gasteiger charge is -2.30. The number of hydrogen-bond acceptors (Lipinski definition) is 3. The van der Waals surface area contributed by atoms with Crippen LogP contribution < -0.4 is 4.90 Å². The number of anilines is 3. The molecule has 1 aliphatic carbocycles. The van der Waals surface area contributed by atoms with Crippen LogP contribution in [-0.2, 0) is 5.41 Å². The van der Waals surface area contributed by atoms with Crippen LogP contribution in [0.3, 0.4) is 0 Å². The first-order valence-corrected chi connectivity index (χ1v) is 21.4. The van der Waals surface area contributed by atoms with Crippen LogP contribution in [0.1, 0.15) is 25.0 Å². The van der Waals surface area contributed by atoms with Crippen LogP contribution in [0.4, 0.5) is 17.1 Å². The van der Waals surface area contributed by atoms with Gasteiger partial charge in [0, 0.05) is 44.0 Å². The minimum absolute atomic E-state index is 0.165. The van der Waals surface area contributed by atoms with Gasteiger partial charge in [0.2, 0.25) is 0 Å². The molecule has 62 heavy (non-hydrogen) atoms. The van der Waals surface area contributed by atoms with Gasteiger partial charge in [0.15, 0.2) is 0 Å². The molecule has 3 heteroatoms. The minimum atomic E-state index is -0.165. The summed E-state index contributed by atoms with van der Waals surface area (Å²) in [7, 11) is 0. The zero-order valence-corrected chi connectivity index (χ0v) is 34.3. The van der Waals surface area contributed by atoms with Gasteiger partial charge in [-0.2, -0.15) is 0 Å². The summed E-state index contributed by atoms with van der Waals surface area (Å²) in [6.45, 7) is 4.70. The highest BCUT2D eigenvalue weighted by molar-refractivity contribution is 6.21. The van der Waals surface area contributed by atoms with Gasteiger partial charge >= 0.3 is 0 Å². The van der Waals surface area contributed by atoms with E-state index in [-0.39, 0.29) is 5.41 Å². The molecule has 13 rings (SSSR count). The van der Waals surface area contributed by atoms with E-state index in [9.17, 15) is 0 Å². The third-order valence-electron chi connectivity index (χ3n) is 13.5. The number of rotatable bonds is 5. The molecular weight excluding hydrogens is 755 g/mol. The van der Waals surface area contributed by atoms with E-state index in [1.165, 1.54) is 43.8 Å². The molecule has 0 atom stereocenters. The van der Waals surface area contributed by atoms with Gasteiger partial charge in [-0.25, -0.2) is 0 Å². The lowest BCUT2D eigenvalue weighted by Crippen LogP contribution is -2.16. The predicted molar refractivity (Wildman–Crippen MR) is 259 cm³/mol. The first-order chi connectivity index (χ1) is 30.5. The van der Waals surface area contributed by atoms with Gasteiger partial charge in [-0.3, -0.25) is 0 Å². The highest BCUT2D eigenvalue weighted by Gasteiger charge is 2.38. The van der Waals surface area contributed by atoms with E-state index in [0.29, 0.717) is 0 Å². The van der Waals surface area contributed by atoms with Gasteiger partial charge in [0.1, 0.15) is 22.3 Å². The highest BCUT2D eigenvalue weighted by atomic mass is 16.3. The molecule has 0 bridgehead atoms. The molecule has 2 heterocycles. The number of furan rings is 2. The molecule has 10 aromatic carbocycles. The van der Waals surface area contributed by atoms with Crippen molar-refractivity contribution in [2.45, 2.75) is 19.3 Å². The maximum Gasteiger partial charge on any atom is 0.145 e. The summed E-state index contributed by atoms with van der Waals surface area (Å²) in [6, 6.07) is 72.4. The Bertz CT molecular complexity index is 3790. The largest absolute Gasteiger partial charge is 0.455 e. The van der Waals surface area contributed by atoms with Gasteiger partial charge in [0.25, 0.3) is 0 Å². The van der Waals surface area contributed by atoms with Crippen molar-refractivity contribution in [3.05, 3.63) is 211 Å². The summed E-state index contributed by atoms with van der Waals surface area (Å²) in [6.07, 6.45) is 0. The Balaban J connectivity index is 1.08. The molecule has 0 N–H and O–H groups in total. The summed E-state index contributed by atoms with van der Waals surface area (Å²) < 4.78 is 13.6. The fourth-order valence-electron chi connectivity index (χ4n) is 10.6. The van der Waals surface area contributed by atoms with Crippen LogP contribution in [0, 0.1) is 0 Å². The molecule has 12 aromatic rings. The van der Waals surface area contributed by atoms with Crippen molar-refractivity contribution < 1.29 is 8.83 Å². The molecular formula is C59H39NO2. The summed E-state index contributed by atoms with van der Waals surface area (Å²) >= 11 is 0. The van der Waals surface area contributed by atoms with E-state index >= 15 is 0 Å². The van der Waals surface area contributed by atoms with Crippen LogP contribution in [-0.4, -0.2) is 0 Å². The van der Waals surface area contributed by atoms with Crippen molar-refractivity contribution >= 4 is 82.5 Å². The van der Waals surface area contributed by atoms with E-state index in [0.717, 1.165) is 83.2 Å². The summed E-state index contributed by atoms with van der Waals surface area (Å²) in [4.78, 5) is 2.47. The van der Waals surface area contributed by atoms with Crippen molar-refractivity contribution in [3.63, 3.8) is 0 Å². The first-order valence-electron chi connectivity index (χ1n) is 21.4. The van der Waals surface area contributed by atoms with Crippen LogP contribution in [0.15, 0.2) is 209 Å². The number of benzene rings is 10. The third-order valence-corrected chi connectivity index (χ3v) is 13.5. The topological polar surface area (TPSA) is 29.5 Å². The first kappa shape index (κ1) is 34.9. The fourth-order valence-corrected chi connectivity index (χ4v) is 10.6. The van der Waals surface area contributed by atoms with Gasteiger partial charge < -0.3 is 13.7 Å². The molecule has 3 nitrogen and oxygen atoms in total. The Morgan fingerprint density at radius 3 is 1.84 bits per heavy atom. The van der Waals surface area contributed by atoms with Crippen LogP contribution in [0.2, 0.25) is 0 Å². The highest BCUT2D eigenvalue weighted by Crippen LogP contribution is 2.56. The molecule has 0 spiro atoms. The Labute approximate surface area is 358 Å². The second kappa shape index (κ2) is 13.1. The van der Waals surface area contributed by atoms with E-state index in [4.69, 9.17) is 8.83 Å². The number of para-hydroxylation sites is 3. The van der Waals surface area contributed by atoms with Crippen LogP contribution in [0.5, 0.6) is 0 Å². The van der Waals surface area contributed by atoms with Crippen LogP contribution >= 0.6 is 0 Å². The SMILES string of the molecule is CC1(C)c2ccccc2-c2c(N(c3ccc(-c4cccc5c4oc4ccccc45)cc3)c3ccc(-c4cc5ccccc5c5ccccc45)c4oc5ccccc5c34)cccc21. The van der Waals surface area contributed by atoms with E-state index in [2.05, 4.69) is 207 Å². The monoisotopic (exact) mass is 793 g/mol. The summed E-state index contributed by atoms with van der Waals surface area (Å²) in [5.74, 6) is 0. The lowest BCUT2D eigenvalue weighted by molar-refractivity contribution is 0.660. The normalized spacial score (nSPS) is 13.1. The molecule has 0 saturated carbocycles. The maximum absolute atomic E-state index is 7.05. The molecule has 0 amide bonds. The van der Waals surface area contributed by atoms with E-state index in [1.807, 2.05) is 12.1 Å². The molecule has 1 aliphatic rings. The van der Waals surface area contributed by atoms with Crippen molar-refractivity contribution in [3.8, 4) is 33.4 Å². The fraction of sp³-hybridized carbons (Fsp3) is 0.0508.